The summed E-state index contributed by atoms with van der Waals surface area (Å²) in [6, 6.07) is 9.61. The van der Waals surface area contributed by atoms with E-state index in [1.165, 1.54) is 0 Å². The van der Waals surface area contributed by atoms with Gasteiger partial charge in [-0.25, -0.2) is 10.7 Å². The number of unbranched alkanes of at least 4 members (excludes halogenated alkanes) is 3. The maximum absolute atomic E-state index is 11.4. The molecule has 19 heavy (non-hydrogen) atoms. The molecule has 0 saturated carbocycles. The molecule has 0 atom stereocenters. The number of rotatable bonds is 9. The van der Waals surface area contributed by atoms with Crippen LogP contribution in [0.1, 0.15) is 31.2 Å². The Morgan fingerprint density at radius 2 is 1.84 bits per heavy atom. The Morgan fingerprint density at radius 3 is 2.58 bits per heavy atom. The number of carbonyl (C=O) groups excluding carboxylic acids is 1. The summed E-state index contributed by atoms with van der Waals surface area (Å²) in [5.74, 6) is 4.92. The number of alkyl carbamates (subject to hydrolysis) is 1. The zero-order valence-electron chi connectivity index (χ0n) is 11.1. The lowest BCUT2D eigenvalue weighted by Gasteiger charge is -2.07. The van der Waals surface area contributed by atoms with E-state index >= 15 is 0 Å². The molecule has 1 rings (SSSR count). The third-order valence-corrected chi connectivity index (χ3v) is 2.67. The number of carbonyl (C=O) groups is 1. The first-order valence-electron chi connectivity index (χ1n) is 6.59. The molecule has 0 unspecified atom stereocenters. The first-order valence-corrected chi connectivity index (χ1v) is 6.59. The van der Waals surface area contributed by atoms with Gasteiger partial charge in [-0.05, 0) is 18.4 Å². The second-order valence-corrected chi connectivity index (χ2v) is 4.27. The zero-order chi connectivity index (χ0) is 13.8. The third-order valence-electron chi connectivity index (χ3n) is 2.67. The predicted molar refractivity (Wildman–Crippen MR) is 73.2 cm³/mol. The van der Waals surface area contributed by atoms with Gasteiger partial charge in [-0.3, -0.25) is 0 Å². The summed E-state index contributed by atoms with van der Waals surface area (Å²) in [5.41, 5.74) is 0.986. The third kappa shape index (κ3) is 8.18. The van der Waals surface area contributed by atoms with Crippen molar-refractivity contribution < 1.29 is 14.4 Å². The lowest BCUT2D eigenvalue weighted by atomic mass is 10.2. The molecule has 0 aliphatic heterocycles. The SMILES string of the molecule is NOCCCCCCNC(=O)OCc1ccccc1. The van der Waals surface area contributed by atoms with E-state index in [4.69, 9.17) is 10.6 Å². The van der Waals surface area contributed by atoms with E-state index in [0.717, 1.165) is 31.2 Å². The van der Waals surface area contributed by atoms with Gasteiger partial charge in [0.2, 0.25) is 0 Å². The van der Waals surface area contributed by atoms with Crippen LogP contribution >= 0.6 is 0 Å². The maximum atomic E-state index is 11.4. The minimum Gasteiger partial charge on any atom is -0.445 e. The molecule has 0 bridgehead atoms. The van der Waals surface area contributed by atoms with Crippen molar-refractivity contribution in [2.75, 3.05) is 13.2 Å². The molecule has 0 aliphatic carbocycles. The molecule has 0 fully saturated rings. The number of ether oxygens (including phenoxy) is 1. The molecule has 1 amide bonds. The minimum atomic E-state index is -0.367. The number of hydrogen-bond donors (Lipinski definition) is 2. The molecule has 0 aliphatic rings. The van der Waals surface area contributed by atoms with Crippen molar-refractivity contribution in [3.63, 3.8) is 0 Å². The van der Waals surface area contributed by atoms with Crippen LogP contribution < -0.4 is 11.2 Å². The molecule has 5 heteroatoms. The fourth-order valence-electron chi connectivity index (χ4n) is 1.63. The van der Waals surface area contributed by atoms with Crippen LogP contribution in [0.15, 0.2) is 30.3 Å². The lowest BCUT2D eigenvalue weighted by Crippen LogP contribution is -2.25. The molecular formula is C14H22N2O3. The highest BCUT2D eigenvalue weighted by atomic mass is 16.6. The topological polar surface area (TPSA) is 73.6 Å². The number of hydrogen-bond acceptors (Lipinski definition) is 4. The Morgan fingerprint density at radius 1 is 1.11 bits per heavy atom. The minimum absolute atomic E-state index is 0.306. The molecule has 0 spiro atoms. The number of nitrogens with two attached hydrogens (primary N) is 1. The van der Waals surface area contributed by atoms with E-state index in [9.17, 15) is 4.79 Å². The van der Waals surface area contributed by atoms with Crippen molar-refractivity contribution in [2.24, 2.45) is 5.90 Å². The van der Waals surface area contributed by atoms with Crippen LogP contribution in [0, 0.1) is 0 Å². The van der Waals surface area contributed by atoms with Crippen LogP contribution in [0.2, 0.25) is 0 Å². The summed E-state index contributed by atoms with van der Waals surface area (Å²) >= 11 is 0. The Kier molecular flexibility index (Phi) is 8.42. The van der Waals surface area contributed by atoms with E-state index < -0.39 is 0 Å². The Balaban J connectivity index is 1.96. The van der Waals surface area contributed by atoms with Crippen molar-refractivity contribution in [1.29, 1.82) is 0 Å². The van der Waals surface area contributed by atoms with E-state index in [-0.39, 0.29) is 6.09 Å². The van der Waals surface area contributed by atoms with Gasteiger partial charge in [0.25, 0.3) is 0 Å². The van der Waals surface area contributed by atoms with Crippen molar-refractivity contribution in [2.45, 2.75) is 32.3 Å². The molecule has 0 radical (unpaired) electrons. The monoisotopic (exact) mass is 266 g/mol. The molecule has 0 aromatic heterocycles. The summed E-state index contributed by atoms with van der Waals surface area (Å²) in [6.07, 6.45) is 3.62. The molecule has 0 heterocycles. The van der Waals surface area contributed by atoms with E-state index in [2.05, 4.69) is 10.2 Å². The van der Waals surface area contributed by atoms with Gasteiger partial charge in [0.05, 0.1) is 6.61 Å². The second kappa shape index (κ2) is 10.3. The molecule has 106 valence electrons. The molecule has 1 aromatic carbocycles. The molecular weight excluding hydrogens is 244 g/mol. The van der Waals surface area contributed by atoms with E-state index in [0.29, 0.717) is 19.8 Å². The smallest absolute Gasteiger partial charge is 0.407 e. The summed E-state index contributed by atoms with van der Waals surface area (Å²) in [7, 11) is 0. The van der Waals surface area contributed by atoms with Crippen LogP contribution in [-0.4, -0.2) is 19.2 Å². The maximum Gasteiger partial charge on any atom is 0.407 e. The predicted octanol–water partition coefficient (Wildman–Crippen LogP) is 2.36. The second-order valence-electron chi connectivity index (χ2n) is 4.27. The van der Waals surface area contributed by atoms with Crippen molar-refractivity contribution >= 4 is 6.09 Å². The quantitative estimate of drug-likeness (QED) is 0.531. The van der Waals surface area contributed by atoms with Gasteiger partial charge in [-0.2, -0.15) is 0 Å². The molecule has 1 aromatic rings. The normalized spacial score (nSPS) is 10.2. The average molecular weight is 266 g/mol. The fraction of sp³-hybridized carbons (Fsp3) is 0.500. The van der Waals surface area contributed by atoms with Crippen LogP contribution in [0.4, 0.5) is 4.79 Å². The van der Waals surface area contributed by atoms with Crippen molar-refractivity contribution in [3.05, 3.63) is 35.9 Å². The molecule has 5 nitrogen and oxygen atoms in total. The van der Waals surface area contributed by atoms with Gasteiger partial charge >= 0.3 is 6.09 Å². The summed E-state index contributed by atoms with van der Waals surface area (Å²) < 4.78 is 5.09. The number of nitrogens with one attached hydrogen (secondary N) is 1. The van der Waals surface area contributed by atoms with Gasteiger partial charge in [-0.1, -0.05) is 43.2 Å². The average Bonchev–Trinajstić information content (AvgIpc) is 2.45. The largest absolute Gasteiger partial charge is 0.445 e. The van der Waals surface area contributed by atoms with Crippen molar-refractivity contribution in [3.8, 4) is 0 Å². The Labute approximate surface area is 114 Å². The number of benzene rings is 1. The zero-order valence-corrected chi connectivity index (χ0v) is 11.1. The van der Waals surface area contributed by atoms with Crippen LogP contribution in [0.25, 0.3) is 0 Å². The summed E-state index contributed by atoms with van der Waals surface area (Å²) in [6.45, 7) is 1.53. The highest BCUT2D eigenvalue weighted by Gasteiger charge is 2.01. The summed E-state index contributed by atoms with van der Waals surface area (Å²) in [5, 5.41) is 2.73. The van der Waals surface area contributed by atoms with Gasteiger partial charge < -0.3 is 14.9 Å². The lowest BCUT2D eigenvalue weighted by molar-refractivity contribution is 0.133. The fourth-order valence-corrected chi connectivity index (χ4v) is 1.63. The highest BCUT2D eigenvalue weighted by molar-refractivity contribution is 5.67. The highest BCUT2D eigenvalue weighted by Crippen LogP contribution is 2.01. The standard InChI is InChI=1S/C14H22N2O3/c15-19-11-7-2-1-6-10-16-14(17)18-12-13-8-4-3-5-9-13/h3-5,8-9H,1-2,6-7,10-12,15H2,(H,16,17). The van der Waals surface area contributed by atoms with Gasteiger partial charge in [0.1, 0.15) is 6.61 Å². The van der Waals surface area contributed by atoms with E-state index in [1.54, 1.807) is 0 Å². The van der Waals surface area contributed by atoms with Gasteiger partial charge in [0.15, 0.2) is 0 Å². The first kappa shape index (κ1) is 15.5. The summed E-state index contributed by atoms with van der Waals surface area (Å²) in [4.78, 5) is 15.9. The van der Waals surface area contributed by atoms with E-state index in [1.807, 2.05) is 30.3 Å². The molecule has 3 N–H and O–H groups in total. The van der Waals surface area contributed by atoms with Crippen LogP contribution in [0.5, 0.6) is 0 Å². The Bertz CT molecular complexity index is 344. The first-order chi connectivity index (χ1) is 9.33. The molecule has 0 saturated heterocycles. The van der Waals surface area contributed by atoms with Crippen LogP contribution in [0.3, 0.4) is 0 Å². The van der Waals surface area contributed by atoms with Gasteiger partial charge in [0, 0.05) is 6.54 Å². The van der Waals surface area contributed by atoms with Crippen LogP contribution in [-0.2, 0) is 16.2 Å². The Hall–Kier alpha value is -1.59. The van der Waals surface area contributed by atoms with Crippen molar-refractivity contribution in [1.82, 2.24) is 5.32 Å². The van der Waals surface area contributed by atoms with Gasteiger partial charge in [-0.15, -0.1) is 0 Å². The number of amides is 1.